The van der Waals surface area contributed by atoms with Crippen LogP contribution in [0.4, 0.5) is 8.78 Å². The predicted octanol–water partition coefficient (Wildman–Crippen LogP) is 3.65. The normalized spacial score (nSPS) is 16.1. The molecule has 1 N–H and O–H groups in total. The largest absolute Gasteiger partial charge is 0.435 e. The van der Waals surface area contributed by atoms with Crippen molar-refractivity contribution in [3.05, 3.63) is 29.8 Å². The molecule has 1 heterocycles. The molecule has 0 saturated carbocycles. The van der Waals surface area contributed by atoms with Gasteiger partial charge in [0.1, 0.15) is 5.75 Å². The smallest absolute Gasteiger partial charge is 0.387 e. The van der Waals surface area contributed by atoms with E-state index in [1.54, 1.807) is 31.3 Å². The Balaban J connectivity index is 0.00000364. The van der Waals surface area contributed by atoms with Crippen LogP contribution in [0, 0.1) is 5.92 Å². The molecule has 0 amide bonds. The first-order valence-electron chi connectivity index (χ1n) is 9.12. The summed E-state index contributed by atoms with van der Waals surface area (Å²) in [6.45, 7) is 1.13. The Kier molecular flexibility index (Phi) is 10.9. The second-order valence-electron chi connectivity index (χ2n) is 6.89. The number of halogens is 3. The Morgan fingerprint density at radius 3 is 2.48 bits per heavy atom. The lowest BCUT2D eigenvalue weighted by Crippen LogP contribution is -2.40. The van der Waals surface area contributed by atoms with E-state index in [0.717, 1.165) is 30.4 Å². The molecule has 0 atom stereocenters. The molecule has 1 aromatic carbocycles. The lowest BCUT2D eigenvalue weighted by atomic mass is 9.94. The van der Waals surface area contributed by atoms with E-state index in [2.05, 4.69) is 27.0 Å². The lowest BCUT2D eigenvalue weighted by Gasteiger charge is -2.29. The van der Waals surface area contributed by atoms with Crippen molar-refractivity contribution >= 4 is 29.9 Å². The first-order valence-corrected chi connectivity index (χ1v) is 9.12. The summed E-state index contributed by atoms with van der Waals surface area (Å²) in [7, 11) is 5.92. The average Bonchev–Trinajstić information content (AvgIpc) is 2.61. The van der Waals surface area contributed by atoms with Crippen LogP contribution in [0.5, 0.6) is 5.75 Å². The van der Waals surface area contributed by atoms with Crippen LogP contribution in [0.15, 0.2) is 29.3 Å². The Morgan fingerprint density at radius 1 is 1.30 bits per heavy atom. The van der Waals surface area contributed by atoms with Crippen molar-refractivity contribution < 1.29 is 13.5 Å². The highest BCUT2D eigenvalue weighted by atomic mass is 127. The molecular weight excluding hydrogens is 465 g/mol. The van der Waals surface area contributed by atoms with Crippen molar-refractivity contribution in [1.29, 1.82) is 0 Å². The van der Waals surface area contributed by atoms with E-state index < -0.39 is 6.61 Å². The predicted molar refractivity (Wildman–Crippen MR) is 116 cm³/mol. The first kappa shape index (κ1) is 23.9. The Hall–Kier alpha value is -1.16. The third-order valence-electron chi connectivity index (χ3n) is 4.82. The summed E-state index contributed by atoms with van der Waals surface area (Å²) in [6.07, 6.45) is 3.68. The van der Waals surface area contributed by atoms with Crippen LogP contribution in [-0.4, -0.2) is 63.1 Å². The molecule has 2 rings (SSSR count). The van der Waals surface area contributed by atoms with Crippen LogP contribution in [0.25, 0.3) is 0 Å². The fraction of sp³-hybridized carbons (Fsp3) is 0.632. The summed E-state index contributed by atoms with van der Waals surface area (Å²) in [6, 6.07) is 6.71. The van der Waals surface area contributed by atoms with E-state index in [0.29, 0.717) is 6.54 Å². The van der Waals surface area contributed by atoms with E-state index >= 15 is 0 Å². The molecule has 1 saturated heterocycles. The molecule has 1 aliphatic rings. The standard InChI is InChI=1S/C19H30F2N4O.HI/c1-22-19(23-11-8-15-9-12-24(2)13-10-15)25(3)14-16-4-6-17(7-5-16)26-18(20)21;/h4-7,15,18H,8-14H2,1-3H3,(H,22,23);1H. The highest BCUT2D eigenvalue weighted by Crippen LogP contribution is 2.19. The summed E-state index contributed by atoms with van der Waals surface area (Å²) in [5.41, 5.74) is 1.01. The number of likely N-dealkylation sites (tertiary alicyclic amines) is 1. The van der Waals surface area contributed by atoms with Gasteiger partial charge in [0.05, 0.1) is 0 Å². The summed E-state index contributed by atoms with van der Waals surface area (Å²) in [5, 5.41) is 3.42. The Morgan fingerprint density at radius 2 is 1.93 bits per heavy atom. The van der Waals surface area contributed by atoms with Crippen molar-refractivity contribution in [3.8, 4) is 5.75 Å². The number of aliphatic imine (C=N–C) groups is 1. The van der Waals surface area contributed by atoms with Crippen LogP contribution >= 0.6 is 24.0 Å². The molecule has 1 aliphatic heterocycles. The maximum Gasteiger partial charge on any atom is 0.387 e. The minimum Gasteiger partial charge on any atom is -0.435 e. The van der Waals surface area contributed by atoms with Gasteiger partial charge in [-0.2, -0.15) is 8.78 Å². The van der Waals surface area contributed by atoms with Gasteiger partial charge in [0.15, 0.2) is 5.96 Å². The van der Waals surface area contributed by atoms with Gasteiger partial charge in [-0.3, -0.25) is 4.99 Å². The third-order valence-corrected chi connectivity index (χ3v) is 4.82. The summed E-state index contributed by atoms with van der Waals surface area (Å²) in [5.74, 6) is 1.79. The van der Waals surface area contributed by atoms with Gasteiger partial charge in [-0.05, 0) is 63.0 Å². The van der Waals surface area contributed by atoms with Gasteiger partial charge in [-0.1, -0.05) is 12.1 Å². The quantitative estimate of drug-likeness (QED) is 0.356. The second kappa shape index (κ2) is 12.3. The van der Waals surface area contributed by atoms with E-state index in [9.17, 15) is 8.78 Å². The fourth-order valence-electron chi connectivity index (χ4n) is 3.25. The monoisotopic (exact) mass is 496 g/mol. The maximum absolute atomic E-state index is 12.2. The van der Waals surface area contributed by atoms with Gasteiger partial charge < -0.3 is 19.9 Å². The van der Waals surface area contributed by atoms with Gasteiger partial charge in [-0.15, -0.1) is 24.0 Å². The van der Waals surface area contributed by atoms with Crippen molar-refractivity contribution in [2.45, 2.75) is 32.4 Å². The minimum absolute atomic E-state index is 0. The molecule has 8 heteroatoms. The Labute approximate surface area is 178 Å². The second-order valence-corrected chi connectivity index (χ2v) is 6.89. The van der Waals surface area contributed by atoms with Gasteiger partial charge in [0.2, 0.25) is 0 Å². The van der Waals surface area contributed by atoms with Crippen molar-refractivity contribution in [2.75, 3.05) is 40.8 Å². The van der Waals surface area contributed by atoms with Gasteiger partial charge in [-0.25, -0.2) is 0 Å². The zero-order valence-corrected chi connectivity index (χ0v) is 18.7. The molecular formula is C19H31F2IN4O. The molecule has 0 aliphatic carbocycles. The average molecular weight is 496 g/mol. The molecule has 27 heavy (non-hydrogen) atoms. The van der Waals surface area contributed by atoms with Crippen LogP contribution < -0.4 is 10.1 Å². The van der Waals surface area contributed by atoms with Crippen LogP contribution in [0.3, 0.4) is 0 Å². The minimum atomic E-state index is -2.80. The number of hydrogen-bond donors (Lipinski definition) is 1. The number of ether oxygens (including phenoxy) is 1. The van der Waals surface area contributed by atoms with E-state index in [1.807, 2.05) is 11.9 Å². The van der Waals surface area contributed by atoms with Crippen LogP contribution in [-0.2, 0) is 6.54 Å². The molecule has 0 spiro atoms. The number of hydrogen-bond acceptors (Lipinski definition) is 3. The molecule has 0 aromatic heterocycles. The van der Waals surface area contributed by atoms with Crippen LogP contribution in [0.1, 0.15) is 24.8 Å². The number of nitrogens with one attached hydrogen (secondary N) is 1. The van der Waals surface area contributed by atoms with E-state index in [1.165, 1.54) is 25.9 Å². The van der Waals surface area contributed by atoms with Gasteiger partial charge in [0, 0.05) is 27.2 Å². The van der Waals surface area contributed by atoms with Crippen molar-refractivity contribution in [1.82, 2.24) is 15.1 Å². The third kappa shape index (κ3) is 8.59. The SMILES string of the molecule is CN=C(NCCC1CCN(C)CC1)N(C)Cc1ccc(OC(F)F)cc1.I. The highest BCUT2D eigenvalue weighted by Gasteiger charge is 2.16. The molecule has 0 radical (unpaired) electrons. The lowest BCUT2D eigenvalue weighted by molar-refractivity contribution is -0.0498. The number of alkyl halides is 2. The molecule has 5 nitrogen and oxygen atoms in total. The number of nitrogens with zero attached hydrogens (tertiary/aromatic N) is 3. The molecule has 0 bridgehead atoms. The van der Waals surface area contributed by atoms with Gasteiger partial charge >= 0.3 is 6.61 Å². The van der Waals surface area contributed by atoms with E-state index in [4.69, 9.17) is 0 Å². The zero-order chi connectivity index (χ0) is 18.9. The number of rotatable bonds is 7. The zero-order valence-electron chi connectivity index (χ0n) is 16.3. The summed E-state index contributed by atoms with van der Waals surface area (Å²) in [4.78, 5) is 8.74. The molecule has 154 valence electrons. The first-order chi connectivity index (χ1) is 12.5. The van der Waals surface area contributed by atoms with E-state index in [-0.39, 0.29) is 29.7 Å². The van der Waals surface area contributed by atoms with Crippen molar-refractivity contribution in [2.24, 2.45) is 10.9 Å². The maximum atomic E-state index is 12.2. The highest BCUT2D eigenvalue weighted by molar-refractivity contribution is 14.0. The van der Waals surface area contributed by atoms with Crippen LogP contribution in [0.2, 0.25) is 0 Å². The molecule has 0 unspecified atom stereocenters. The summed E-state index contributed by atoms with van der Waals surface area (Å²) < 4.78 is 28.8. The Bertz CT molecular complexity index is 563. The topological polar surface area (TPSA) is 40.1 Å². The van der Waals surface area contributed by atoms with Crippen molar-refractivity contribution in [3.63, 3.8) is 0 Å². The number of piperidine rings is 1. The molecule has 1 fully saturated rings. The number of guanidine groups is 1. The summed E-state index contributed by atoms with van der Waals surface area (Å²) >= 11 is 0. The molecule has 1 aromatic rings. The number of benzene rings is 1. The van der Waals surface area contributed by atoms with Gasteiger partial charge in [0.25, 0.3) is 0 Å². The fourth-order valence-corrected chi connectivity index (χ4v) is 3.25.